The predicted octanol–water partition coefficient (Wildman–Crippen LogP) is 2.52. The molecule has 0 amide bonds. The molecule has 1 fully saturated rings. The lowest BCUT2D eigenvalue weighted by Crippen LogP contribution is -2.54. The van der Waals surface area contributed by atoms with Crippen LogP contribution in [-0.4, -0.2) is 52.4 Å². The van der Waals surface area contributed by atoms with E-state index in [4.69, 9.17) is 4.74 Å². The van der Waals surface area contributed by atoms with Crippen LogP contribution in [0.15, 0.2) is 24.4 Å². The standard InChI is InChI=1S/C19H24N6O/c1-11-7-16(24-23-11)14-5-6-17(25-9-12(2)21-13(3)10-25)15-8-20-19(26-4)22-18(14)15/h5-8,12-13,21H,9-10H2,1-4H3,(H,23,24). The number of hydrogen-bond acceptors (Lipinski definition) is 6. The second-order valence-corrected chi connectivity index (χ2v) is 7.06. The Balaban J connectivity index is 1.88. The average molecular weight is 352 g/mol. The predicted molar refractivity (Wildman–Crippen MR) is 103 cm³/mol. The molecule has 1 aromatic carbocycles. The van der Waals surface area contributed by atoms with Gasteiger partial charge in [0, 0.05) is 53.7 Å². The van der Waals surface area contributed by atoms with Crippen molar-refractivity contribution < 1.29 is 4.74 Å². The molecule has 26 heavy (non-hydrogen) atoms. The first kappa shape index (κ1) is 16.8. The van der Waals surface area contributed by atoms with E-state index in [1.54, 1.807) is 7.11 Å². The summed E-state index contributed by atoms with van der Waals surface area (Å²) >= 11 is 0. The van der Waals surface area contributed by atoms with Crippen molar-refractivity contribution in [3.63, 3.8) is 0 Å². The van der Waals surface area contributed by atoms with Crippen LogP contribution in [0.1, 0.15) is 19.5 Å². The van der Waals surface area contributed by atoms with Gasteiger partial charge in [-0.3, -0.25) is 5.10 Å². The maximum atomic E-state index is 5.26. The number of rotatable bonds is 3. The number of benzene rings is 1. The third kappa shape index (κ3) is 2.99. The lowest BCUT2D eigenvalue weighted by Gasteiger charge is -2.38. The highest BCUT2D eigenvalue weighted by atomic mass is 16.5. The number of aromatic amines is 1. The van der Waals surface area contributed by atoms with Gasteiger partial charge in [-0.1, -0.05) is 0 Å². The van der Waals surface area contributed by atoms with Gasteiger partial charge in [0.15, 0.2) is 0 Å². The van der Waals surface area contributed by atoms with E-state index in [1.165, 1.54) is 0 Å². The van der Waals surface area contributed by atoms with Crippen LogP contribution in [-0.2, 0) is 0 Å². The zero-order valence-electron chi connectivity index (χ0n) is 15.6. The number of nitrogens with zero attached hydrogens (tertiary/aromatic N) is 4. The van der Waals surface area contributed by atoms with E-state index in [2.05, 4.69) is 56.4 Å². The Kier molecular flexibility index (Phi) is 4.24. The molecule has 0 radical (unpaired) electrons. The highest BCUT2D eigenvalue weighted by molar-refractivity contribution is 6.00. The van der Waals surface area contributed by atoms with Crippen LogP contribution in [0.5, 0.6) is 6.01 Å². The monoisotopic (exact) mass is 352 g/mol. The van der Waals surface area contributed by atoms with Crippen molar-refractivity contribution >= 4 is 16.6 Å². The van der Waals surface area contributed by atoms with E-state index in [-0.39, 0.29) is 0 Å². The van der Waals surface area contributed by atoms with E-state index >= 15 is 0 Å². The minimum atomic E-state index is 0.366. The van der Waals surface area contributed by atoms with Crippen LogP contribution >= 0.6 is 0 Å². The van der Waals surface area contributed by atoms with Crippen LogP contribution in [0, 0.1) is 6.92 Å². The van der Waals surface area contributed by atoms with Crippen molar-refractivity contribution in [1.82, 2.24) is 25.5 Å². The number of hydrogen-bond donors (Lipinski definition) is 2. The molecule has 2 atom stereocenters. The Morgan fingerprint density at radius 2 is 1.96 bits per heavy atom. The number of aryl methyl sites for hydroxylation is 1. The number of anilines is 1. The summed E-state index contributed by atoms with van der Waals surface area (Å²) in [4.78, 5) is 11.4. The number of ether oxygens (including phenoxy) is 1. The SMILES string of the molecule is COc1ncc2c(N3CC(C)NC(C)C3)ccc(-c3cc(C)[nH]n3)c2n1. The number of nitrogens with one attached hydrogen (secondary N) is 2. The van der Waals surface area contributed by atoms with E-state index < -0.39 is 0 Å². The van der Waals surface area contributed by atoms with Crippen molar-refractivity contribution in [2.45, 2.75) is 32.9 Å². The number of piperazine rings is 1. The van der Waals surface area contributed by atoms with E-state index in [9.17, 15) is 0 Å². The van der Waals surface area contributed by atoms with Gasteiger partial charge in [-0.05, 0) is 39.0 Å². The molecule has 2 N–H and O–H groups in total. The fraction of sp³-hybridized carbons (Fsp3) is 0.421. The summed E-state index contributed by atoms with van der Waals surface area (Å²) in [5, 5.41) is 12.0. The Morgan fingerprint density at radius 1 is 1.19 bits per heavy atom. The Labute approximate surface area is 152 Å². The lowest BCUT2D eigenvalue weighted by molar-refractivity contribution is 0.381. The summed E-state index contributed by atoms with van der Waals surface area (Å²) in [5.41, 5.74) is 4.88. The van der Waals surface area contributed by atoms with Gasteiger partial charge in [0.1, 0.15) is 0 Å². The molecule has 2 unspecified atom stereocenters. The first-order valence-corrected chi connectivity index (χ1v) is 8.92. The Morgan fingerprint density at radius 3 is 2.62 bits per heavy atom. The number of fused-ring (bicyclic) bond motifs is 1. The van der Waals surface area contributed by atoms with Crippen LogP contribution < -0.4 is 15.0 Å². The Bertz CT molecular complexity index is 927. The second kappa shape index (κ2) is 6.57. The molecule has 0 bridgehead atoms. The fourth-order valence-electron chi connectivity index (χ4n) is 3.75. The molecule has 0 aliphatic carbocycles. The summed E-state index contributed by atoms with van der Waals surface area (Å²) in [6.07, 6.45) is 1.86. The highest BCUT2D eigenvalue weighted by Crippen LogP contribution is 2.34. The van der Waals surface area contributed by atoms with Crippen LogP contribution in [0.25, 0.3) is 22.2 Å². The van der Waals surface area contributed by atoms with Crippen LogP contribution in [0.4, 0.5) is 5.69 Å². The van der Waals surface area contributed by atoms with Crippen LogP contribution in [0.3, 0.4) is 0 Å². The van der Waals surface area contributed by atoms with E-state index in [1.807, 2.05) is 19.2 Å². The molecule has 0 spiro atoms. The Hall–Kier alpha value is -2.67. The molecule has 7 nitrogen and oxygen atoms in total. The van der Waals surface area contributed by atoms with Crippen molar-refractivity contribution in [2.75, 3.05) is 25.1 Å². The zero-order chi connectivity index (χ0) is 18.3. The van der Waals surface area contributed by atoms with Gasteiger partial charge in [-0.25, -0.2) is 4.98 Å². The first-order valence-electron chi connectivity index (χ1n) is 8.92. The highest BCUT2D eigenvalue weighted by Gasteiger charge is 2.24. The number of H-pyrrole nitrogens is 1. The molecule has 136 valence electrons. The van der Waals surface area contributed by atoms with Crippen LogP contribution in [0.2, 0.25) is 0 Å². The summed E-state index contributed by atoms with van der Waals surface area (Å²) in [6.45, 7) is 8.32. The largest absolute Gasteiger partial charge is 0.467 e. The van der Waals surface area contributed by atoms with E-state index in [0.29, 0.717) is 18.1 Å². The summed E-state index contributed by atoms with van der Waals surface area (Å²) in [6, 6.07) is 7.51. The summed E-state index contributed by atoms with van der Waals surface area (Å²) in [5.74, 6) is 0. The molecular weight excluding hydrogens is 328 g/mol. The third-order valence-electron chi connectivity index (χ3n) is 4.77. The normalized spacial score (nSPS) is 20.5. The molecule has 3 aromatic rings. The molecule has 1 aliphatic heterocycles. The van der Waals surface area contributed by atoms with Gasteiger partial charge in [0.2, 0.25) is 0 Å². The molecule has 1 saturated heterocycles. The maximum Gasteiger partial charge on any atom is 0.316 e. The van der Waals surface area contributed by atoms with Gasteiger partial charge >= 0.3 is 6.01 Å². The lowest BCUT2D eigenvalue weighted by atomic mass is 10.0. The van der Waals surface area contributed by atoms with Gasteiger partial charge < -0.3 is 15.0 Å². The fourth-order valence-corrected chi connectivity index (χ4v) is 3.75. The second-order valence-electron chi connectivity index (χ2n) is 7.06. The van der Waals surface area contributed by atoms with Gasteiger partial charge in [0.05, 0.1) is 18.3 Å². The minimum absolute atomic E-state index is 0.366. The maximum absolute atomic E-state index is 5.26. The molecule has 1 aliphatic rings. The summed E-state index contributed by atoms with van der Waals surface area (Å²) in [7, 11) is 1.59. The zero-order valence-corrected chi connectivity index (χ0v) is 15.6. The van der Waals surface area contributed by atoms with Gasteiger partial charge in [0.25, 0.3) is 0 Å². The first-order chi connectivity index (χ1) is 12.5. The van der Waals surface area contributed by atoms with E-state index in [0.717, 1.165) is 46.6 Å². The van der Waals surface area contributed by atoms with Gasteiger partial charge in [-0.2, -0.15) is 10.1 Å². The smallest absolute Gasteiger partial charge is 0.316 e. The topological polar surface area (TPSA) is 79.0 Å². The molecule has 3 heterocycles. The quantitative estimate of drug-likeness (QED) is 0.754. The number of aromatic nitrogens is 4. The van der Waals surface area contributed by atoms with Crippen molar-refractivity contribution in [3.8, 4) is 17.3 Å². The summed E-state index contributed by atoms with van der Waals surface area (Å²) < 4.78 is 5.26. The number of methoxy groups -OCH3 is 1. The third-order valence-corrected chi connectivity index (χ3v) is 4.77. The molecule has 2 aromatic heterocycles. The van der Waals surface area contributed by atoms with Crippen molar-refractivity contribution in [2.24, 2.45) is 0 Å². The van der Waals surface area contributed by atoms with Crippen molar-refractivity contribution in [1.29, 1.82) is 0 Å². The molecule has 4 rings (SSSR count). The molecule has 7 heteroatoms. The van der Waals surface area contributed by atoms with Crippen molar-refractivity contribution in [3.05, 3.63) is 30.1 Å². The molecule has 0 saturated carbocycles. The average Bonchev–Trinajstić information content (AvgIpc) is 3.05. The minimum Gasteiger partial charge on any atom is -0.467 e. The molecular formula is C19H24N6O. The van der Waals surface area contributed by atoms with Gasteiger partial charge in [-0.15, -0.1) is 0 Å².